The maximum absolute atomic E-state index is 6.07. The topological polar surface area (TPSA) is 43.8 Å². The van der Waals surface area contributed by atoms with E-state index in [1.54, 1.807) is 0 Å². The first-order chi connectivity index (χ1) is 8.07. The van der Waals surface area contributed by atoms with Crippen LogP contribution in [0.25, 0.3) is 11.0 Å². The van der Waals surface area contributed by atoms with Crippen LogP contribution >= 0.6 is 0 Å². The first-order valence-electron chi connectivity index (χ1n) is 6.29. The molecule has 1 aliphatic rings. The average Bonchev–Trinajstić information content (AvgIpc) is 2.77. The zero-order valence-electron chi connectivity index (χ0n) is 10.5. The molecule has 1 heterocycles. The molecule has 0 amide bonds. The van der Waals surface area contributed by atoms with E-state index in [4.69, 9.17) is 5.73 Å². The standard InChI is InChI=1S/C14H19N3/c1-14(2)8-7-10(9-14)17-12-6-4-3-5-11(12)16-13(17)15/h3-6,10H,7-9H2,1-2H3,(H2,15,16). The minimum Gasteiger partial charge on any atom is -0.369 e. The number of anilines is 1. The summed E-state index contributed by atoms with van der Waals surface area (Å²) in [5, 5.41) is 0. The van der Waals surface area contributed by atoms with Crippen molar-refractivity contribution in [1.29, 1.82) is 0 Å². The van der Waals surface area contributed by atoms with Crippen molar-refractivity contribution in [2.75, 3.05) is 5.73 Å². The minimum atomic E-state index is 0.433. The number of hydrogen-bond acceptors (Lipinski definition) is 2. The van der Waals surface area contributed by atoms with Gasteiger partial charge in [-0.1, -0.05) is 26.0 Å². The SMILES string of the molecule is CC1(C)CCC(n2c(N)nc3ccccc32)C1. The second kappa shape index (κ2) is 3.49. The molecule has 1 aliphatic carbocycles. The van der Waals surface area contributed by atoms with Crippen molar-refractivity contribution in [1.82, 2.24) is 9.55 Å². The molecule has 1 aromatic carbocycles. The molecule has 17 heavy (non-hydrogen) atoms. The van der Waals surface area contributed by atoms with Crippen LogP contribution in [0.4, 0.5) is 5.95 Å². The van der Waals surface area contributed by atoms with Crippen molar-refractivity contribution in [2.45, 2.75) is 39.2 Å². The van der Waals surface area contributed by atoms with Crippen LogP contribution in [0.3, 0.4) is 0 Å². The number of rotatable bonds is 1. The summed E-state index contributed by atoms with van der Waals surface area (Å²) in [6.45, 7) is 4.67. The molecule has 1 saturated carbocycles. The lowest BCUT2D eigenvalue weighted by Gasteiger charge is -2.19. The first kappa shape index (κ1) is 10.6. The second-order valence-corrected chi connectivity index (χ2v) is 5.89. The highest BCUT2D eigenvalue weighted by Crippen LogP contribution is 2.45. The number of hydrogen-bond donors (Lipinski definition) is 1. The fourth-order valence-electron chi connectivity index (χ4n) is 3.07. The van der Waals surface area contributed by atoms with Crippen LogP contribution < -0.4 is 5.73 Å². The van der Waals surface area contributed by atoms with Crippen molar-refractivity contribution in [2.24, 2.45) is 5.41 Å². The third-order valence-corrected chi connectivity index (χ3v) is 3.93. The Morgan fingerprint density at radius 2 is 2.12 bits per heavy atom. The monoisotopic (exact) mass is 229 g/mol. The summed E-state index contributed by atoms with van der Waals surface area (Å²) in [6, 6.07) is 8.72. The smallest absolute Gasteiger partial charge is 0.201 e. The molecule has 3 rings (SSSR count). The van der Waals surface area contributed by atoms with Crippen LogP contribution in [0, 0.1) is 5.41 Å². The quantitative estimate of drug-likeness (QED) is 0.814. The number of benzene rings is 1. The van der Waals surface area contributed by atoms with Gasteiger partial charge in [-0.3, -0.25) is 0 Å². The van der Waals surface area contributed by atoms with Crippen molar-refractivity contribution < 1.29 is 0 Å². The van der Waals surface area contributed by atoms with E-state index in [0.29, 0.717) is 17.4 Å². The van der Waals surface area contributed by atoms with Gasteiger partial charge in [-0.2, -0.15) is 0 Å². The first-order valence-corrected chi connectivity index (χ1v) is 6.29. The van der Waals surface area contributed by atoms with Crippen LogP contribution in [0.2, 0.25) is 0 Å². The van der Waals surface area contributed by atoms with E-state index >= 15 is 0 Å². The fraction of sp³-hybridized carbons (Fsp3) is 0.500. The highest BCUT2D eigenvalue weighted by Gasteiger charge is 2.33. The highest BCUT2D eigenvalue weighted by atomic mass is 15.2. The average molecular weight is 229 g/mol. The molecule has 3 heteroatoms. The van der Waals surface area contributed by atoms with Gasteiger partial charge in [-0.15, -0.1) is 0 Å². The highest BCUT2D eigenvalue weighted by molar-refractivity contribution is 5.78. The van der Waals surface area contributed by atoms with Crippen LogP contribution in [0.5, 0.6) is 0 Å². The van der Waals surface area contributed by atoms with E-state index in [0.717, 1.165) is 5.52 Å². The van der Waals surface area contributed by atoms with E-state index < -0.39 is 0 Å². The minimum absolute atomic E-state index is 0.433. The number of fused-ring (bicyclic) bond motifs is 1. The van der Waals surface area contributed by atoms with Gasteiger partial charge >= 0.3 is 0 Å². The number of nitrogens with two attached hydrogens (primary N) is 1. The molecule has 0 spiro atoms. The largest absolute Gasteiger partial charge is 0.369 e. The fourth-order valence-corrected chi connectivity index (χ4v) is 3.07. The summed E-state index contributed by atoms with van der Waals surface area (Å²) in [7, 11) is 0. The van der Waals surface area contributed by atoms with Gasteiger partial charge < -0.3 is 10.3 Å². The Morgan fingerprint density at radius 3 is 2.82 bits per heavy atom. The third-order valence-electron chi connectivity index (χ3n) is 3.93. The van der Waals surface area contributed by atoms with Crippen molar-refractivity contribution in [3.8, 4) is 0 Å². The predicted molar refractivity (Wildman–Crippen MR) is 70.8 cm³/mol. The van der Waals surface area contributed by atoms with E-state index in [1.165, 1.54) is 24.8 Å². The zero-order chi connectivity index (χ0) is 12.0. The Labute approximate surface area is 102 Å². The normalized spacial score (nSPS) is 23.3. The Bertz CT molecular complexity index is 554. The summed E-state index contributed by atoms with van der Waals surface area (Å²) in [4.78, 5) is 4.45. The van der Waals surface area contributed by atoms with Crippen molar-refractivity contribution >= 4 is 17.0 Å². The van der Waals surface area contributed by atoms with Crippen molar-refractivity contribution in [3.05, 3.63) is 24.3 Å². The second-order valence-electron chi connectivity index (χ2n) is 5.89. The van der Waals surface area contributed by atoms with Crippen LogP contribution in [0.15, 0.2) is 24.3 Å². The van der Waals surface area contributed by atoms with Gasteiger partial charge in [0.1, 0.15) is 0 Å². The molecule has 2 N–H and O–H groups in total. The summed E-state index contributed by atoms with van der Waals surface area (Å²) in [6.07, 6.45) is 3.67. The Hall–Kier alpha value is -1.51. The lowest BCUT2D eigenvalue weighted by atomic mass is 9.92. The van der Waals surface area contributed by atoms with Crippen molar-refractivity contribution in [3.63, 3.8) is 0 Å². The molecule has 0 aliphatic heterocycles. The van der Waals surface area contributed by atoms with Gasteiger partial charge in [0.15, 0.2) is 0 Å². The molecule has 1 aromatic heterocycles. The maximum Gasteiger partial charge on any atom is 0.201 e. The van der Waals surface area contributed by atoms with Gasteiger partial charge in [0, 0.05) is 6.04 Å². The molecule has 1 unspecified atom stereocenters. The molecule has 1 atom stereocenters. The van der Waals surface area contributed by atoms with Gasteiger partial charge in [-0.25, -0.2) is 4.98 Å². The number of para-hydroxylation sites is 2. The molecule has 90 valence electrons. The van der Waals surface area contributed by atoms with Gasteiger partial charge in [0.2, 0.25) is 5.95 Å². The Kier molecular flexibility index (Phi) is 2.18. The molecular weight excluding hydrogens is 210 g/mol. The van der Waals surface area contributed by atoms with Gasteiger partial charge in [0.25, 0.3) is 0 Å². The Morgan fingerprint density at radius 1 is 1.35 bits per heavy atom. The van der Waals surface area contributed by atoms with E-state index in [2.05, 4.69) is 35.5 Å². The molecule has 1 fully saturated rings. The lowest BCUT2D eigenvalue weighted by Crippen LogP contribution is -2.11. The summed E-state index contributed by atoms with van der Waals surface area (Å²) >= 11 is 0. The van der Waals surface area contributed by atoms with Gasteiger partial charge in [-0.05, 0) is 36.8 Å². The zero-order valence-corrected chi connectivity index (χ0v) is 10.5. The predicted octanol–water partition coefficient (Wildman–Crippen LogP) is 3.37. The molecule has 0 radical (unpaired) electrons. The molecule has 2 aromatic rings. The third kappa shape index (κ3) is 1.70. The lowest BCUT2D eigenvalue weighted by molar-refractivity contribution is 0.361. The molecule has 0 bridgehead atoms. The number of aromatic nitrogens is 2. The number of nitrogens with zero attached hydrogens (tertiary/aromatic N) is 2. The molecule has 3 nitrogen and oxygen atoms in total. The molecular formula is C14H19N3. The summed E-state index contributed by atoms with van der Waals surface area (Å²) in [5.74, 6) is 0.661. The van der Waals surface area contributed by atoms with Crippen LogP contribution in [0.1, 0.15) is 39.2 Å². The summed E-state index contributed by atoms with van der Waals surface area (Å²) in [5.41, 5.74) is 8.69. The van der Waals surface area contributed by atoms with E-state index in [1.807, 2.05) is 12.1 Å². The van der Waals surface area contributed by atoms with E-state index in [9.17, 15) is 0 Å². The van der Waals surface area contributed by atoms with Crippen LogP contribution in [-0.4, -0.2) is 9.55 Å². The van der Waals surface area contributed by atoms with Gasteiger partial charge in [0.05, 0.1) is 11.0 Å². The maximum atomic E-state index is 6.07. The van der Waals surface area contributed by atoms with E-state index in [-0.39, 0.29) is 0 Å². The summed E-state index contributed by atoms with van der Waals surface area (Å²) < 4.78 is 2.23. The number of imidazole rings is 1. The van der Waals surface area contributed by atoms with Crippen LogP contribution in [-0.2, 0) is 0 Å². The Balaban J connectivity index is 2.09. The number of nitrogen functional groups attached to an aromatic ring is 1. The molecule has 0 saturated heterocycles.